The minimum atomic E-state index is -0.294. The van der Waals surface area contributed by atoms with Crippen LogP contribution in [0.25, 0.3) is 0 Å². The van der Waals surface area contributed by atoms with Crippen LogP contribution in [0.2, 0.25) is 0 Å². The first-order chi connectivity index (χ1) is 10.7. The third-order valence-corrected chi connectivity index (χ3v) is 2.93. The van der Waals surface area contributed by atoms with E-state index in [1.165, 1.54) is 6.21 Å². The predicted octanol–water partition coefficient (Wildman–Crippen LogP) is 1.56. The van der Waals surface area contributed by atoms with Crippen molar-refractivity contribution in [3.05, 3.63) is 59.9 Å². The Morgan fingerprint density at radius 3 is 2.55 bits per heavy atom. The van der Waals surface area contributed by atoms with Crippen LogP contribution in [0.5, 0.6) is 0 Å². The van der Waals surface area contributed by atoms with Gasteiger partial charge in [0, 0.05) is 25.6 Å². The Balaban J connectivity index is 1.62. The second kappa shape index (κ2) is 8.41. The number of amides is 2. The lowest BCUT2D eigenvalue weighted by atomic mass is 10.2. The van der Waals surface area contributed by atoms with E-state index in [0.29, 0.717) is 6.54 Å². The molecule has 0 aliphatic carbocycles. The number of rotatable bonds is 7. The van der Waals surface area contributed by atoms with Crippen molar-refractivity contribution in [2.75, 3.05) is 0 Å². The zero-order chi connectivity index (χ0) is 15.6. The van der Waals surface area contributed by atoms with E-state index < -0.39 is 0 Å². The summed E-state index contributed by atoms with van der Waals surface area (Å²) in [7, 11) is 0. The zero-order valence-corrected chi connectivity index (χ0v) is 12.1. The first-order valence-electron chi connectivity index (χ1n) is 7.00. The maximum Gasteiger partial charge on any atom is 0.240 e. The first-order valence-corrected chi connectivity index (χ1v) is 7.00. The standard InChI is InChI=1S/C16H18N4O2/c21-15(18-11-13-5-2-1-3-6-13)8-9-16(22)20-19-12-14-7-4-10-17-14/h1-7,10,12,17H,8-9,11H2,(H,18,21)(H,20,22). The highest BCUT2D eigenvalue weighted by molar-refractivity contribution is 5.84. The third-order valence-electron chi connectivity index (χ3n) is 2.93. The molecule has 0 saturated heterocycles. The highest BCUT2D eigenvalue weighted by Crippen LogP contribution is 1.98. The van der Waals surface area contributed by atoms with Crippen LogP contribution in [-0.4, -0.2) is 23.0 Å². The molecule has 3 N–H and O–H groups in total. The minimum Gasteiger partial charge on any atom is -0.360 e. The van der Waals surface area contributed by atoms with Crippen LogP contribution >= 0.6 is 0 Å². The van der Waals surface area contributed by atoms with Gasteiger partial charge in [-0.3, -0.25) is 9.59 Å². The van der Waals surface area contributed by atoms with Gasteiger partial charge < -0.3 is 10.3 Å². The Labute approximate surface area is 128 Å². The number of hydrogen-bond donors (Lipinski definition) is 3. The first kappa shape index (κ1) is 15.5. The highest BCUT2D eigenvalue weighted by Gasteiger charge is 2.05. The number of benzene rings is 1. The van der Waals surface area contributed by atoms with E-state index in [4.69, 9.17) is 0 Å². The van der Waals surface area contributed by atoms with Crippen molar-refractivity contribution >= 4 is 18.0 Å². The normalized spacial score (nSPS) is 10.5. The molecule has 0 aliphatic heterocycles. The van der Waals surface area contributed by atoms with Crippen LogP contribution in [0, 0.1) is 0 Å². The molecule has 2 rings (SSSR count). The van der Waals surface area contributed by atoms with Gasteiger partial charge in [-0.2, -0.15) is 5.10 Å². The van der Waals surface area contributed by atoms with Crippen molar-refractivity contribution in [3.63, 3.8) is 0 Å². The summed E-state index contributed by atoms with van der Waals surface area (Å²) in [4.78, 5) is 26.1. The summed E-state index contributed by atoms with van der Waals surface area (Å²) in [5.74, 6) is -0.454. The van der Waals surface area contributed by atoms with Crippen molar-refractivity contribution in [3.8, 4) is 0 Å². The molecule has 114 valence electrons. The number of H-pyrrole nitrogens is 1. The molecule has 6 heteroatoms. The number of nitrogens with one attached hydrogen (secondary N) is 3. The molecule has 0 unspecified atom stereocenters. The van der Waals surface area contributed by atoms with E-state index in [2.05, 4.69) is 20.8 Å². The molecule has 0 bridgehead atoms. The lowest BCUT2D eigenvalue weighted by Gasteiger charge is -2.04. The number of nitrogens with zero attached hydrogens (tertiary/aromatic N) is 1. The summed E-state index contributed by atoms with van der Waals surface area (Å²) in [6.07, 6.45) is 3.51. The number of aromatic amines is 1. The third kappa shape index (κ3) is 5.62. The molecule has 0 aliphatic rings. The van der Waals surface area contributed by atoms with Gasteiger partial charge in [0.1, 0.15) is 0 Å². The van der Waals surface area contributed by atoms with Gasteiger partial charge in [-0.05, 0) is 17.7 Å². The van der Waals surface area contributed by atoms with Gasteiger partial charge in [0.15, 0.2) is 0 Å². The average Bonchev–Trinajstić information content (AvgIpc) is 3.05. The van der Waals surface area contributed by atoms with Crippen molar-refractivity contribution < 1.29 is 9.59 Å². The fraction of sp³-hybridized carbons (Fsp3) is 0.188. The fourth-order valence-corrected chi connectivity index (χ4v) is 1.77. The summed E-state index contributed by atoms with van der Waals surface area (Å²) in [5, 5.41) is 6.57. The molecule has 0 radical (unpaired) electrons. The molecule has 2 aromatic rings. The quantitative estimate of drug-likeness (QED) is 0.535. The molecule has 0 saturated carbocycles. The van der Waals surface area contributed by atoms with Gasteiger partial charge in [0.05, 0.1) is 11.9 Å². The summed E-state index contributed by atoms with van der Waals surface area (Å²) < 4.78 is 0. The van der Waals surface area contributed by atoms with Gasteiger partial charge >= 0.3 is 0 Å². The van der Waals surface area contributed by atoms with E-state index in [1.807, 2.05) is 42.5 Å². The molecule has 22 heavy (non-hydrogen) atoms. The van der Waals surface area contributed by atoms with Crippen molar-refractivity contribution in [1.29, 1.82) is 0 Å². The number of carbonyl (C=O) groups excluding carboxylic acids is 2. The van der Waals surface area contributed by atoms with Gasteiger partial charge in [0.2, 0.25) is 11.8 Å². The van der Waals surface area contributed by atoms with Crippen LogP contribution in [0.3, 0.4) is 0 Å². The van der Waals surface area contributed by atoms with Crippen LogP contribution in [-0.2, 0) is 16.1 Å². The number of hydrazone groups is 1. The number of aromatic nitrogens is 1. The average molecular weight is 298 g/mol. The molecule has 1 aromatic carbocycles. The monoisotopic (exact) mass is 298 g/mol. The molecule has 2 amide bonds. The topological polar surface area (TPSA) is 86.3 Å². The Bertz CT molecular complexity index is 621. The Morgan fingerprint density at radius 2 is 1.82 bits per heavy atom. The minimum absolute atomic E-state index is 0.0999. The van der Waals surface area contributed by atoms with E-state index in [0.717, 1.165) is 11.3 Å². The predicted molar refractivity (Wildman–Crippen MR) is 84.1 cm³/mol. The van der Waals surface area contributed by atoms with Gasteiger partial charge in [-0.1, -0.05) is 30.3 Å². The van der Waals surface area contributed by atoms with E-state index in [-0.39, 0.29) is 24.7 Å². The van der Waals surface area contributed by atoms with E-state index >= 15 is 0 Å². The highest BCUT2D eigenvalue weighted by atomic mass is 16.2. The van der Waals surface area contributed by atoms with Crippen LogP contribution in [0.4, 0.5) is 0 Å². The molecular weight excluding hydrogens is 280 g/mol. The lowest BCUT2D eigenvalue weighted by molar-refractivity contribution is -0.126. The SMILES string of the molecule is O=C(CCC(=O)NN=Cc1ccc[nH]1)NCc1ccccc1. The summed E-state index contributed by atoms with van der Waals surface area (Å²) in [6, 6.07) is 13.3. The number of carbonyl (C=O) groups is 2. The smallest absolute Gasteiger partial charge is 0.240 e. The maximum absolute atomic E-state index is 11.6. The van der Waals surface area contributed by atoms with Crippen LogP contribution < -0.4 is 10.7 Å². The molecule has 6 nitrogen and oxygen atoms in total. The second-order valence-corrected chi connectivity index (χ2v) is 4.68. The Hall–Kier alpha value is -2.89. The molecular formula is C16H18N4O2. The van der Waals surface area contributed by atoms with Gasteiger partial charge in [-0.15, -0.1) is 0 Å². The van der Waals surface area contributed by atoms with Crippen molar-refractivity contribution in [2.45, 2.75) is 19.4 Å². The molecule has 0 fully saturated rings. The van der Waals surface area contributed by atoms with E-state index in [9.17, 15) is 9.59 Å². The van der Waals surface area contributed by atoms with Crippen LogP contribution in [0.15, 0.2) is 53.8 Å². The Kier molecular flexibility index (Phi) is 5.92. The van der Waals surface area contributed by atoms with Gasteiger partial charge in [0.25, 0.3) is 0 Å². The molecule has 0 atom stereocenters. The van der Waals surface area contributed by atoms with Crippen LogP contribution in [0.1, 0.15) is 24.1 Å². The summed E-state index contributed by atoms with van der Waals surface area (Å²) in [6.45, 7) is 0.465. The number of hydrogen-bond acceptors (Lipinski definition) is 3. The van der Waals surface area contributed by atoms with Gasteiger partial charge in [-0.25, -0.2) is 5.43 Å². The molecule has 0 spiro atoms. The second-order valence-electron chi connectivity index (χ2n) is 4.68. The largest absolute Gasteiger partial charge is 0.360 e. The zero-order valence-electron chi connectivity index (χ0n) is 12.1. The maximum atomic E-state index is 11.6. The molecule has 1 aromatic heterocycles. The van der Waals surface area contributed by atoms with E-state index in [1.54, 1.807) is 6.20 Å². The summed E-state index contributed by atoms with van der Waals surface area (Å²) >= 11 is 0. The Morgan fingerprint density at radius 1 is 1.05 bits per heavy atom. The summed E-state index contributed by atoms with van der Waals surface area (Å²) in [5.41, 5.74) is 4.20. The molecule has 1 heterocycles. The van der Waals surface area contributed by atoms with Crippen molar-refractivity contribution in [1.82, 2.24) is 15.7 Å². The van der Waals surface area contributed by atoms with Crippen molar-refractivity contribution in [2.24, 2.45) is 5.10 Å². The fourth-order valence-electron chi connectivity index (χ4n) is 1.77. The lowest BCUT2D eigenvalue weighted by Crippen LogP contribution is -2.25.